The van der Waals surface area contributed by atoms with Gasteiger partial charge in [0.1, 0.15) is 0 Å². The summed E-state index contributed by atoms with van der Waals surface area (Å²) in [6.45, 7) is 5.91. The number of hydrogen-bond acceptors (Lipinski definition) is 2. The lowest BCUT2D eigenvalue weighted by Gasteiger charge is -2.20. The molecule has 0 rings (SSSR count). The Bertz CT molecular complexity index is 205. The fourth-order valence-electron chi connectivity index (χ4n) is 0.712. The molecule has 0 atom stereocenters. The molecular weight excluding hydrogens is 168 g/mol. The molecular formula is C8H18N4O. The van der Waals surface area contributed by atoms with Crippen molar-refractivity contribution in [3.63, 3.8) is 0 Å². The fraction of sp³-hybridized carbons (Fsp3) is 0.750. The van der Waals surface area contributed by atoms with Crippen molar-refractivity contribution in [1.29, 1.82) is 0 Å². The summed E-state index contributed by atoms with van der Waals surface area (Å²) in [7, 11) is 1.56. The Morgan fingerprint density at radius 2 is 2.00 bits per heavy atom. The summed E-state index contributed by atoms with van der Waals surface area (Å²) in [6.07, 6.45) is 0. The Kier molecular flexibility index (Phi) is 4.23. The molecule has 0 aromatic rings. The summed E-state index contributed by atoms with van der Waals surface area (Å²) in [4.78, 5) is 14.9. The second-order valence-electron chi connectivity index (χ2n) is 3.76. The first-order valence-corrected chi connectivity index (χ1v) is 4.12. The van der Waals surface area contributed by atoms with E-state index >= 15 is 0 Å². The molecule has 1 amide bonds. The number of carbonyl (C=O) groups is 1. The van der Waals surface area contributed by atoms with Crippen LogP contribution in [0.5, 0.6) is 0 Å². The summed E-state index contributed by atoms with van der Waals surface area (Å²) in [5.41, 5.74) is 5.13. The van der Waals surface area contributed by atoms with Gasteiger partial charge < -0.3 is 16.4 Å². The molecule has 5 nitrogen and oxygen atoms in total. The predicted octanol–water partition coefficient (Wildman–Crippen LogP) is -0.565. The van der Waals surface area contributed by atoms with E-state index in [1.807, 2.05) is 20.8 Å². The van der Waals surface area contributed by atoms with E-state index in [4.69, 9.17) is 5.73 Å². The number of nitrogens with two attached hydrogens (primary N) is 1. The number of amides is 1. The maximum Gasteiger partial charge on any atom is 0.239 e. The van der Waals surface area contributed by atoms with Crippen LogP contribution in [0.4, 0.5) is 0 Å². The summed E-state index contributed by atoms with van der Waals surface area (Å²) in [5, 5.41) is 5.46. The molecule has 0 aromatic heterocycles. The molecule has 0 aromatic carbocycles. The van der Waals surface area contributed by atoms with Crippen LogP contribution in [0.15, 0.2) is 4.99 Å². The number of aliphatic imine (C=N–C) groups is 1. The van der Waals surface area contributed by atoms with Crippen LogP contribution in [0.2, 0.25) is 0 Å². The van der Waals surface area contributed by atoms with Crippen molar-refractivity contribution in [2.75, 3.05) is 13.6 Å². The molecule has 0 saturated heterocycles. The molecule has 4 N–H and O–H groups in total. The zero-order valence-corrected chi connectivity index (χ0v) is 8.64. The van der Waals surface area contributed by atoms with Gasteiger partial charge in [-0.25, -0.2) is 0 Å². The molecule has 0 aliphatic carbocycles. The van der Waals surface area contributed by atoms with E-state index in [1.54, 1.807) is 7.05 Å². The molecule has 76 valence electrons. The third-order valence-corrected chi connectivity index (χ3v) is 1.19. The van der Waals surface area contributed by atoms with E-state index in [-0.39, 0.29) is 24.0 Å². The van der Waals surface area contributed by atoms with Gasteiger partial charge in [0.2, 0.25) is 5.91 Å². The van der Waals surface area contributed by atoms with Crippen LogP contribution in [0, 0.1) is 0 Å². The second-order valence-corrected chi connectivity index (χ2v) is 3.76. The molecule has 13 heavy (non-hydrogen) atoms. The molecule has 0 fully saturated rings. The van der Waals surface area contributed by atoms with Crippen molar-refractivity contribution in [2.45, 2.75) is 26.3 Å². The van der Waals surface area contributed by atoms with Crippen LogP contribution in [-0.4, -0.2) is 31.0 Å². The Morgan fingerprint density at radius 1 is 1.46 bits per heavy atom. The number of nitrogens with zero attached hydrogens (tertiary/aromatic N) is 1. The maximum absolute atomic E-state index is 11.2. The molecule has 0 radical (unpaired) electrons. The predicted molar refractivity (Wildman–Crippen MR) is 53.4 cm³/mol. The summed E-state index contributed by atoms with van der Waals surface area (Å²) in [6, 6.07) is 0. The third kappa shape index (κ3) is 7.11. The standard InChI is InChI=1S/C8H18N4O/c1-8(2,3)12-6(13)5-11-7(9)10-4/h5H2,1-4H3,(H,12,13)(H3,9,10,11). The van der Waals surface area contributed by atoms with E-state index < -0.39 is 0 Å². The van der Waals surface area contributed by atoms with Gasteiger partial charge in [0.05, 0.1) is 6.54 Å². The SMILES string of the molecule is CN=C(N)NCC(=O)NC(C)(C)C. The van der Waals surface area contributed by atoms with E-state index in [0.717, 1.165) is 0 Å². The number of rotatable bonds is 2. The average Bonchev–Trinajstić information content (AvgIpc) is 1.97. The lowest BCUT2D eigenvalue weighted by atomic mass is 10.1. The van der Waals surface area contributed by atoms with E-state index in [1.165, 1.54) is 0 Å². The van der Waals surface area contributed by atoms with Crippen LogP contribution < -0.4 is 16.4 Å². The normalized spacial score (nSPS) is 12.5. The van der Waals surface area contributed by atoms with Crippen molar-refractivity contribution in [1.82, 2.24) is 10.6 Å². The molecule has 0 bridgehead atoms. The van der Waals surface area contributed by atoms with E-state index in [2.05, 4.69) is 15.6 Å². The zero-order valence-electron chi connectivity index (χ0n) is 8.64. The number of guanidine groups is 1. The average molecular weight is 186 g/mol. The Morgan fingerprint density at radius 3 is 2.38 bits per heavy atom. The highest BCUT2D eigenvalue weighted by molar-refractivity contribution is 5.85. The highest BCUT2D eigenvalue weighted by Crippen LogP contribution is 1.96. The van der Waals surface area contributed by atoms with Crippen molar-refractivity contribution < 1.29 is 4.79 Å². The molecule has 0 spiro atoms. The van der Waals surface area contributed by atoms with Gasteiger partial charge in [0, 0.05) is 12.6 Å². The first kappa shape index (κ1) is 11.7. The van der Waals surface area contributed by atoms with Crippen molar-refractivity contribution in [2.24, 2.45) is 10.7 Å². The molecule has 0 aliphatic rings. The van der Waals surface area contributed by atoms with E-state index in [0.29, 0.717) is 0 Å². The summed E-state index contributed by atoms with van der Waals surface area (Å²) < 4.78 is 0. The topological polar surface area (TPSA) is 79.5 Å². The first-order valence-electron chi connectivity index (χ1n) is 4.12. The lowest BCUT2D eigenvalue weighted by molar-refractivity contribution is -0.121. The monoisotopic (exact) mass is 186 g/mol. The van der Waals surface area contributed by atoms with Gasteiger partial charge in [-0.3, -0.25) is 9.79 Å². The highest BCUT2D eigenvalue weighted by atomic mass is 16.2. The van der Waals surface area contributed by atoms with Gasteiger partial charge in [0.15, 0.2) is 5.96 Å². The number of hydrogen-bond donors (Lipinski definition) is 3. The Labute approximate surface area is 78.8 Å². The quantitative estimate of drug-likeness (QED) is 0.399. The van der Waals surface area contributed by atoms with Crippen LogP contribution in [0.1, 0.15) is 20.8 Å². The van der Waals surface area contributed by atoms with Gasteiger partial charge in [0.25, 0.3) is 0 Å². The smallest absolute Gasteiger partial charge is 0.239 e. The minimum atomic E-state index is -0.211. The fourth-order valence-corrected chi connectivity index (χ4v) is 0.712. The van der Waals surface area contributed by atoms with Gasteiger partial charge in [-0.05, 0) is 20.8 Å². The zero-order chi connectivity index (χ0) is 10.5. The lowest BCUT2D eigenvalue weighted by Crippen LogP contribution is -2.47. The van der Waals surface area contributed by atoms with Gasteiger partial charge >= 0.3 is 0 Å². The molecule has 0 heterocycles. The summed E-state index contributed by atoms with van der Waals surface area (Å²) in [5.74, 6) is 0.170. The highest BCUT2D eigenvalue weighted by Gasteiger charge is 2.12. The number of nitrogens with one attached hydrogen (secondary N) is 2. The second kappa shape index (κ2) is 4.69. The van der Waals surface area contributed by atoms with Crippen molar-refractivity contribution >= 4 is 11.9 Å². The van der Waals surface area contributed by atoms with Crippen molar-refractivity contribution in [3.8, 4) is 0 Å². The third-order valence-electron chi connectivity index (χ3n) is 1.19. The minimum absolute atomic E-state index is 0.0981. The Hall–Kier alpha value is -1.26. The Balaban J connectivity index is 3.77. The maximum atomic E-state index is 11.2. The number of carbonyl (C=O) groups excluding carboxylic acids is 1. The van der Waals surface area contributed by atoms with Crippen molar-refractivity contribution in [3.05, 3.63) is 0 Å². The molecule has 0 saturated carbocycles. The van der Waals surface area contributed by atoms with Gasteiger partial charge in [-0.2, -0.15) is 0 Å². The van der Waals surface area contributed by atoms with Gasteiger partial charge in [-0.15, -0.1) is 0 Å². The largest absolute Gasteiger partial charge is 0.370 e. The minimum Gasteiger partial charge on any atom is -0.370 e. The molecule has 5 heteroatoms. The van der Waals surface area contributed by atoms with Crippen LogP contribution >= 0.6 is 0 Å². The van der Waals surface area contributed by atoms with Crippen LogP contribution in [-0.2, 0) is 4.79 Å². The van der Waals surface area contributed by atoms with Gasteiger partial charge in [-0.1, -0.05) is 0 Å². The molecule has 0 unspecified atom stereocenters. The summed E-state index contributed by atoms with van der Waals surface area (Å²) >= 11 is 0. The van der Waals surface area contributed by atoms with E-state index in [9.17, 15) is 4.79 Å². The first-order chi connectivity index (χ1) is 5.85. The van der Waals surface area contributed by atoms with Crippen LogP contribution in [0.25, 0.3) is 0 Å². The van der Waals surface area contributed by atoms with Crippen LogP contribution in [0.3, 0.4) is 0 Å². The molecule has 0 aliphatic heterocycles.